The van der Waals surface area contributed by atoms with Gasteiger partial charge in [0.15, 0.2) is 0 Å². The summed E-state index contributed by atoms with van der Waals surface area (Å²) >= 11 is 0. The lowest BCUT2D eigenvalue weighted by Crippen LogP contribution is -2.32. The fraction of sp³-hybridized carbons (Fsp3) is 0.111. The largest absolute Gasteiger partial charge is 0.469 e. The summed E-state index contributed by atoms with van der Waals surface area (Å²) in [6, 6.07) is 25.0. The minimum atomic E-state index is -0.241. The average Bonchev–Trinajstić information content (AvgIpc) is 3.18. The lowest BCUT2D eigenvalue weighted by atomic mass is 9.98. The zero-order chi connectivity index (χ0) is 22.1. The molecular weight excluding hydrogens is 400 g/mol. The van der Waals surface area contributed by atoms with Crippen molar-refractivity contribution >= 4 is 23.2 Å². The van der Waals surface area contributed by atoms with E-state index in [1.165, 1.54) is 17.4 Å². The third kappa shape index (κ3) is 3.58. The summed E-state index contributed by atoms with van der Waals surface area (Å²) in [4.78, 5) is 27.7. The Morgan fingerprint density at radius 2 is 1.59 bits per heavy atom. The van der Waals surface area contributed by atoms with Crippen LogP contribution in [0.2, 0.25) is 0 Å². The van der Waals surface area contributed by atoms with E-state index in [4.69, 9.17) is 4.42 Å². The van der Waals surface area contributed by atoms with Crippen LogP contribution >= 0.6 is 0 Å². The number of aryl methyl sites for hydroxylation is 1. The number of rotatable bonds is 3. The number of nitrogens with zero attached hydrogens (tertiary/aromatic N) is 1. The summed E-state index contributed by atoms with van der Waals surface area (Å²) in [5.74, 6) is 0.262. The van der Waals surface area contributed by atoms with Crippen molar-refractivity contribution in [2.45, 2.75) is 13.3 Å². The molecule has 0 spiro atoms. The molecule has 0 saturated carbocycles. The van der Waals surface area contributed by atoms with Crippen LogP contribution in [0.15, 0.2) is 89.5 Å². The van der Waals surface area contributed by atoms with Crippen LogP contribution in [0.3, 0.4) is 0 Å². The summed E-state index contributed by atoms with van der Waals surface area (Å²) in [6.45, 7) is 2.35. The molecule has 2 amide bonds. The lowest BCUT2D eigenvalue weighted by molar-refractivity contribution is 0.0986. The number of carbonyl (C=O) groups is 2. The van der Waals surface area contributed by atoms with Crippen molar-refractivity contribution in [3.05, 3.63) is 108 Å². The fourth-order valence-electron chi connectivity index (χ4n) is 4.17. The van der Waals surface area contributed by atoms with E-state index in [0.29, 0.717) is 29.1 Å². The predicted octanol–water partition coefficient (Wildman–Crippen LogP) is 5.71. The minimum Gasteiger partial charge on any atom is -0.469 e. The number of carbonyl (C=O) groups excluding carboxylic acids is 2. The highest BCUT2D eigenvalue weighted by atomic mass is 16.3. The van der Waals surface area contributed by atoms with Crippen LogP contribution in [0.25, 0.3) is 11.1 Å². The first-order chi connectivity index (χ1) is 15.6. The molecule has 0 aliphatic carbocycles. The topological polar surface area (TPSA) is 62.6 Å². The van der Waals surface area contributed by atoms with Gasteiger partial charge in [-0.1, -0.05) is 42.5 Å². The van der Waals surface area contributed by atoms with Gasteiger partial charge < -0.3 is 14.6 Å². The first-order valence-electron chi connectivity index (χ1n) is 10.6. The molecule has 5 nitrogen and oxygen atoms in total. The maximum Gasteiger partial charge on any atom is 0.259 e. The molecule has 3 aromatic carbocycles. The second-order valence-corrected chi connectivity index (χ2v) is 7.80. The normalized spacial score (nSPS) is 12.5. The van der Waals surface area contributed by atoms with Crippen LogP contribution < -0.4 is 10.2 Å². The molecule has 32 heavy (non-hydrogen) atoms. The van der Waals surface area contributed by atoms with Crippen molar-refractivity contribution in [2.24, 2.45) is 0 Å². The van der Waals surface area contributed by atoms with Gasteiger partial charge in [-0.15, -0.1) is 0 Å². The van der Waals surface area contributed by atoms with Crippen molar-refractivity contribution < 1.29 is 14.0 Å². The van der Waals surface area contributed by atoms with Crippen LogP contribution in [0.1, 0.15) is 32.0 Å². The molecule has 0 atom stereocenters. The Kier molecular flexibility index (Phi) is 5.07. The van der Waals surface area contributed by atoms with Gasteiger partial charge in [-0.25, -0.2) is 0 Å². The predicted molar refractivity (Wildman–Crippen MR) is 125 cm³/mol. The van der Waals surface area contributed by atoms with E-state index in [-0.39, 0.29) is 11.8 Å². The van der Waals surface area contributed by atoms with Crippen LogP contribution in [0.4, 0.5) is 11.4 Å². The van der Waals surface area contributed by atoms with Crippen LogP contribution in [-0.2, 0) is 6.42 Å². The second kappa shape index (κ2) is 8.19. The number of amides is 2. The number of hydrogen-bond acceptors (Lipinski definition) is 3. The molecule has 0 saturated heterocycles. The Bertz CT molecular complexity index is 1300. The third-order valence-electron chi connectivity index (χ3n) is 5.85. The van der Waals surface area contributed by atoms with Gasteiger partial charge >= 0.3 is 0 Å². The molecule has 0 fully saturated rings. The van der Waals surface area contributed by atoms with E-state index in [9.17, 15) is 9.59 Å². The molecule has 1 N–H and O–H groups in total. The first-order valence-corrected chi connectivity index (χ1v) is 10.6. The third-order valence-corrected chi connectivity index (χ3v) is 5.85. The maximum atomic E-state index is 13.5. The molecule has 158 valence electrons. The number of furan rings is 1. The second-order valence-electron chi connectivity index (χ2n) is 7.80. The zero-order valence-electron chi connectivity index (χ0n) is 17.7. The van der Waals surface area contributed by atoms with E-state index < -0.39 is 0 Å². The smallest absolute Gasteiger partial charge is 0.259 e. The van der Waals surface area contributed by atoms with E-state index in [2.05, 4.69) is 23.5 Å². The van der Waals surface area contributed by atoms with Crippen molar-refractivity contribution in [1.82, 2.24) is 0 Å². The van der Waals surface area contributed by atoms with Gasteiger partial charge in [-0.3, -0.25) is 9.59 Å². The molecular formula is C27H22N2O3. The monoisotopic (exact) mass is 422 g/mol. The van der Waals surface area contributed by atoms with E-state index in [1.807, 2.05) is 35.2 Å². The number of para-hydroxylation sites is 1. The Labute approximate surface area is 186 Å². The Balaban J connectivity index is 1.40. The van der Waals surface area contributed by atoms with Crippen molar-refractivity contribution in [2.75, 3.05) is 16.8 Å². The molecule has 1 aliphatic heterocycles. The quantitative estimate of drug-likeness (QED) is 0.460. The Hall–Kier alpha value is -4.12. The highest BCUT2D eigenvalue weighted by molar-refractivity contribution is 6.09. The zero-order valence-corrected chi connectivity index (χ0v) is 17.7. The van der Waals surface area contributed by atoms with Gasteiger partial charge in [0, 0.05) is 23.4 Å². The number of hydrogen-bond donors (Lipinski definition) is 1. The molecule has 2 heterocycles. The number of anilines is 2. The molecule has 4 aromatic rings. The lowest BCUT2D eigenvalue weighted by Gasteiger charge is -2.23. The van der Waals surface area contributed by atoms with E-state index in [1.54, 1.807) is 37.3 Å². The number of nitrogens with one attached hydrogen (secondary N) is 1. The highest BCUT2D eigenvalue weighted by Gasteiger charge is 2.24. The molecule has 0 radical (unpaired) electrons. The molecule has 1 aromatic heterocycles. The van der Waals surface area contributed by atoms with Gasteiger partial charge in [0.2, 0.25) is 0 Å². The Morgan fingerprint density at radius 1 is 0.875 bits per heavy atom. The van der Waals surface area contributed by atoms with Gasteiger partial charge in [-0.05, 0) is 60.9 Å². The number of benzene rings is 3. The van der Waals surface area contributed by atoms with Gasteiger partial charge in [0.05, 0.1) is 17.5 Å². The van der Waals surface area contributed by atoms with Gasteiger partial charge in [0.25, 0.3) is 11.8 Å². The van der Waals surface area contributed by atoms with E-state index in [0.717, 1.165) is 17.7 Å². The summed E-state index contributed by atoms with van der Waals surface area (Å²) in [7, 11) is 0. The van der Waals surface area contributed by atoms with Crippen LogP contribution in [-0.4, -0.2) is 18.4 Å². The van der Waals surface area contributed by atoms with Crippen LogP contribution in [0.5, 0.6) is 0 Å². The SMILES string of the molecule is Cc1occc1C(=O)Nc1ccc(C(=O)N2CCc3ccccc3-c3ccccc32)cc1. The van der Waals surface area contributed by atoms with Crippen molar-refractivity contribution in [3.8, 4) is 11.1 Å². The number of fused-ring (bicyclic) bond motifs is 3. The molecule has 5 rings (SSSR count). The summed E-state index contributed by atoms with van der Waals surface area (Å²) in [6.07, 6.45) is 2.28. The fourth-order valence-corrected chi connectivity index (χ4v) is 4.17. The molecule has 1 aliphatic rings. The minimum absolute atomic E-state index is 0.0613. The Morgan fingerprint density at radius 3 is 2.34 bits per heavy atom. The molecule has 0 bridgehead atoms. The summed E-state index contributed by atoms with van der Waals surface area (Å²) < 4.78 is 5.19. The standard InChI is InChI=1S/C27H22N2O3/c1-18-22(15-17-32-18)26(30)28-21-12-10-20(11-13-21)27(31)29-16-14-19-6-2-3-7-23(19)24-8-4-5-9-25(24)29/h2-13,15,17H,14,16H2,1H3,(H,28,30). The molecule has 0 unspecified atom stereocenters. The first kappa shape index (κ1) is 19.8. The summed E-state index contributed by atoms with van der Waals surface area (Å²) in [5.41, 5.74) is 6.07. The van der Waals surface area contributed by atoms with Crippen molar-refractivity contribution in [3.63, 3.8) is 0 Å². The van der Waals surface area contributed by atoms with Crippen LogP contribution in [0, 0.1) is 6.92 Å². The van der Waals surface area contributed by atoms with E-state index >= 15 is 0 Å². The maximum absolute atomic E-state index is 13.5. The average molecular weight is 422 g/mol. The van der Waals surface area contributed by atoms with Crippen molar-refractivity contribution in [1.29, 1.82) is 0 Å². The summed E-state index contributed by atoms with van der Waals surface area (Å²) in [5, 5.41) is 2.84. The molecule has 5 heteroatoms. The highest BCUT2D eigenvalue weighted by Crippen LogP contribution is 2.36. The van der Waals surface area contributed by atoms with Gasteiger partial charge in [0.1, 0.15) is 5.76 Å². The van der Waals surface area contributed by atoms with Gasteiger partial charge in [-0.2, -0.15) is 0 Å².